The number of hydrogen-bond acceptors (Lipinski definition) is 6. The highest BCUT2D eigenvalue weighted by Crippen LogP contribution is 2.31. The Hall–Kier alpha value is -4.76. The molecule has 3 aromatic rings. The van der Waals surface area contributed by atoms with Crippen molar-refractivity contribution in [2.24, 2.45) is 5.92 Å². The Kier molecular flexibility index (Phi) is 10.7. The van der Waals surface area contributed by atoms with Crippen LogP contribution >= 0.6 is 0 Å². The molecule has 3 amide bonds. The Morgan fingerprint density at radius 3 is 2.00 bits per heavy atom. The van der Waals surface area contributed by atoms with Crippen molar-refractivity contribution in [3.05, 3.63) is 114 Å². The van der Waals surface area contributed by atoms with Gasteiger partial charge in [0.2, 0.25) is 5.91 Å². The molecule has 9 heteroatoms. The second kappa shape index (κ2) is 14.6. The van der Waals surface area contributed by atoms with Gasteiger partial charge < -0.3 is 20.1 Å². The van der Waals surface area contributed by atoms with E-state index in [1.54, 1.807) is 56.4 Å². The van der Waals surface area contributed by atoms with Gasteiger partial charge in [-0.1, -0.05) is 92.7 Å². The van der Waals surface area contributed by atoms with Crippen LogP contribution in [0.15, 0.2) is 97.2 Å². The Morgan fingerprint density at radius 2 is 1.43 bits per heavy atom. The molecule has 44 heavy (non-hydrogen) atoms. The second-order valence-electron chi connectivity index (χ2n) is 11.4. The third kappa shape index (κ3) is 7.79. The topological polar surface area (TPSA) is 116 Å². The van der Waals surface area contributed by atoms with Gasteiger partial charge in [-0.25, -0.2) is 4.79 Å². The molecular weight excluding hydrogens is 558 g/mol. The number of aliphatic hydroxyl groups is 1. The van der Waals surface area contributed by atoms with Crippen LogP contribution in [0.4, 0.5) is 0 Å². The zero-order valence-electron chi connectivity index (χ0n) is 25.4. The standard InChI is InChI=1S/C35H39N3O6/c1-23(2)31-34(42)37(29(26-16-10-6-11-17-26)21-38(31)33(41)27-18-12-7-13-19-27)22-30(39)36-28(20-25-14-8-5-9-15-25)32(40)35(43)44-24(3)4/h5-19,21,23-24,28,31-32,40H,20,22H2,1-4H3,(H,36,39)/t28-,31+,32?/m0/s1. The van der Waals surface area contributed by atoms with E-state index in [-0.39, 0.29) is 18.2 Å². The van der Waals surface area contributed by atoms with Crippen molar-refractivity contribution >= 4 is 29.4 Å². The molecule has 0 radical (unpaired) electrons. The summed E-state index contributed by atoms with van der Waals surface area (Å²) in [5, 5.41) is 13.7. The molecule has 0 spiro atoms. The first-order valence-corrected chi connectivity index (χ1v) is 14.7. The van der Waals surface area contributed by atoms with Gasteiger partial charge in [-0.2, -0.15) is 0 Å². The maximum absolute atomic E-state index is 14.2. The summed E-state index contributed by atoms with van der Waals surface area (Å²) in [4.78, 5) is 56.9. The molecule has 230 valence electrons. The molecule has 0 bridgehead atoms. The predicted molar refractivity (Wildman–Crippen MR) is 167 cm³/mol. The van der Waals surface area contributed by atoms with Gasteiger partial charge >= 0.3 is 5.97 Å². The van der Waals surface area contributed by atoms with E-state index in [0.29, 0.717) is 16.8 Å². The molecule has 4 rings (SSSR count). The zero-order valence-corrected chi connectivity index (χ0v) is 25.4. The Morgan fingerprint density at radius 1 is 0.864 bits per heavy atom. The molecule has 1 aliphatic rings. The molecule has 0 saturated carbocycles. The number of carbonyl (C=O) groups is 4. The molecule has 1 aliphatic heterocycles. The highest BCUT2D eigenvalue weighted by atomic mass is 16.6. The lowest BCUT2D eigenvalue weighted by molar-refractivity contribution is -0.159. The minimum absolute atomic E-state index is 0.157. The van der Waals surface area contributed by atoms with E-state index in [2.05, 4.69) is 5.32 Å². The molecule has 0 aliphatic carbocycles. The van der Waals surface area contributed by atoms with Gasteiger partial charge in [-0.3, -0.25) is 19.3 Å². The number of carbonyl (C=O) groups excluding carboxylic acids is 4. The highest BCUT2D eigenvalue weighted by Gasteiger charge is 2.41. The third-order valence-corrected chi connectivity index (χ3v) is 7.25. The average molecular weight is 598 g/mol. The van der Waals surface area contributed by atoms with Crippen LogP contribution in [0.5, 0.6) is 0 Å². The summed E-state index contributed by atoms with van der Waals surface area (Å²) in [7, 11) is 0. The molecule has 1 heterocycles. The number of aliphatic hydroxyl groups excluding tert-OH is 1. The fraction of sp³-hybridized carbons (Fsp3) is 0.314. The summed E-state index contributed by atoms with van der Waals surface area (Å²) in [6, 6.07) is 25.1. The summed E-state index contributed by atoms with van der Waals surface area (Å²) < 4.78 is 5.21. The van der Waals surface area contributed by atoms with Crippen LogP contribution in [0.2, 0.25) is 0 Å². The lowest BCUT2D eigenvalue weighted by Crippen LogP contribution is -2.57. The number of esters is 1. The van der Waals surface area contributed by atoms with Crippen LogP contribution in [0.1, 0.15) is 49.2 Å². The maximum atomic E-state index is 14.2. The first kappa shape index (κ1) is 32.2. The predicted octanol–water partition coefficient (Wildman–Crippen LogP) is 4.03. The van der Waals surface area contributed by atoms with E-state index >= 15 is 0 Å². The Labute approximate surface area is 258 Å². The van der Waals surface area contributed by atoms with E-state index < -0.39 is 48.6 Å². The van der Waals surface area contributed by atoms with Gasteiger partial charge in [0.15, 0.2) is 6.10 Å². The van der Waals surface area contributed by atoms with E-state index in [1.807, 2.05) is 68.4 Å². The first-order valence-electron chi connectivity index (χ1n) is 14.7. The van der Waals surface area contributed by atoms with Crippen molar-refractivity contribution < 1.29 is 29.0 Å². The van der Waals surface area contributed by atoms with Gasteiger partial charge in [0.05, 0.1) is 17.8 Å². The van der Waals surface area contributed by atoms with Gasteiger partial charge in [0.1, 0.15) is 12.6 Å². The smallest absolute Gasteiger partial charge is 0.337 e. The SMILES string of the molecule is CC(C)OC(=O)C(O)[C@H](Cc1ccccc1)NC(=O)CN1C(=O)[C@@H](C(C)C)N(C(=O)c2ccccc2)C=C1c1ccccc1. The number of rotatable bonds is 11. The van der Waals surface area contributed by atoms with Gasteiger partial charge in [0.25, 0.3) is 11.8 Å². The van der Waals surface area contributed by atoms with Crippen LogP contribution in [0.25, 0.3) is 5.70 Å². The van der Waals surface area contributed by atoms with E-state index in [4.69, 9.17) is 4.74 Å². The quantitative estimate of drug-likeness (QED) is 0.323. The van der Waals surface area contributed by atoms with Crippen molar-refractivity contribution in [3.63, 3.8) is 0 Å². The summed E-state index contributed by atoms with van der Waals surface area (Å²) in [5.41, 5.74) is 2.25. The normalized spacial score (nSPS) is 16.4. The largest absolute Gasteiger partial charge is 0.461 e. The third-order valence-electron chi connectivity index (χ3n) is 7.25. The van der Waals surface area contributed by atoms with Crippen molar-refractivity contribution in [3.8, 4) is 0 Å². The number of amides is 3. The van der Waals surface area contributed by atoms with Crippen LogP contribution in [0, 0.1) is 5.92 Å². The first-order chi connectivity index (χ1) is 21.1. The van der Waals surface area contributed by atoms with Gasteiger partial charge in [0, 0.05) is 11.8 Å². The number of hydrogen-bond donors (Lipinski definition) is 2. The van der Waals surface area contributed by atoms with Crippen molar-refractivity contribution in [2.45, 2.75) is 58.4 Å². The molecular formula is C35H39N3O6. The molecule has 3 aromatic carbocycles. The zero-order chi connectivity index (χ0) is 31.8. The number of nitrogens with zero attached hydrogens (tertiary/aromatic N) is 2. The summed E-state index contributed by atoms with van der Waals surface area (Å²) in [5.74, 6) is -2.45. The molecule has 0 aromatic heterocycles. The van der Waals surface area contributed by atoms with E-state index in [0.717, 1.165) is 5.56 Å². The minimum atomic E-state index is -1.63. The Bertz CT molecular complexity index is 1470. The average Bonchev–Trinajstić information content (AvgIpc) is 3.01. The molecule has 1 unspecified atom stereocenters. The fourth-order valence-corrected chi connectivity index (χ4v) is 5.17. The monoisotopic (exact) mass is 597 g/mol. The molecule has 3 atom stereocenters. The number of ether oxygens (including phenoxy) is 1. The highest BCUT2D eigenvalue weighted by molar-refractivity contribution is 6.03. The van der Waals surface area contributed by atoms with Crippen molar-refractivity contribution in [1.29, 1.82) is 0 Å². The van der Waals surface area contributed by atoms with Crippen molar-refractivity contribution in [1.82, 2.24) is 15.1 Å². The van der Waals surface area contributed by atoms with Crippen molar-refractivity contribution in [2.75, 3.05) is 6.54 Å². The fourth-order valence-electron chi connectivity index (χ4n) is 5.17. The minimum Gasteiger partial charge on any atom is -0.461 e. The maximum Gasteiger partial charge on any atom is 0.337 e. The lowest BCUT2D eigenvalue weighted by Gasteiger charge is -2.41. The number of nitrogens with one attached hydrogen (secondary N) is 1. The lowest BCUT2D eigenvalue weighted by atomic mass is 9.96. The number of benzene rings is 3. The van der Waals surface area contributed by atoms with Crippen LogP contribution in [0.3, 0.4) is 0 Å². The molecule has 9 nitrogen and oxygen atoms in total. The Balaban J connectivity index is 1.67. The molecule has 0 saturated heterocycles. The van der Waals surface area contributed by atoms with Gasteiger partial charge in [-0.15, -0.1) is 0 Å². The van der Waals surface area contributed by atoms with E-state index in [9.17, 15) is 24.3 Å². The summed E-state index contributed by atoms with van der Waals surface area (Å²) in [6.07, 6.45) is -0.306. The second-order valence-corrected chi connectivity index (χ2v) is 11.4. The van der Waals surface area contributed by atoms with Crippen LogP contribution < -0.4 is 5.32 Å². The van der Waals surface area contributed by atoms with Crippen LogP contribution in [-0.2, 0) is 25.5 Å². The van der Waals surface area contributed by atoms with E-state index in [1.165, 1.54) is 9.80 Å². The summed E-state index contributed by atoms with van der Waals surface area (Å²) >= 11 is 0. The molecule has 0 fully saturated rings. The van der Waals surface area contributed by atoms with Gasteiger partial charge in [-0.05, 0) is 49.4 Å². The summed E-state index contributed by atoms with van der Waals surface area (Å²) in [6.45, 7) is 6.64. The van der Waals surface area contributed by atoms with Crippen LogP contribution in [-0.4, -0.2) is 69.4 Å². The molecule has 2 N–H and O–H groups in total.